The number of hydrogen-bond donors (Lipinski definition) is 2. The number of anilines is 1. The lowest BCUT2D eigenvalue weighted by Crippen LogP contribution is -2.31. The van der Waals surface area contributed by atoms with Crippen LogP contribution in [0.4, 0.5) is 5.82 Å². The van der Waals surface area contributed by atoms with Gasteiger partial charge in [-0.15, -0.1) is 0 Å². The Bertz CT molecular complexity index is 647. The number of thiocarbonyl (C=S) groups is 1. The van der Waals surface area contributed by atoms with E-state index in [0.717, 1.165) is 14.6 Å². The number of benzene rings is 1. The average molecular weight is 429 g/mol. The number of aryl methyl sites for hydroxylation is 1. The van der Waals surface area contributed by atoms with Crippen molar-refractivity contribution in [1.82, 2.24) is 10.3 Å². The molecule has 0 bridgehead atoms. The second kappa shape index (κ2) is 7.33. The van der Waals surface area contributed by atoms with Gasteiger partial charge >= 0.3 is 0 Å². The summed E-state index contributed by atoms with van der Waals surface area (Å²) in [6, 6.07) is 12.2. The predicted octanol–water partition coefficient (Wildman–Crippen LogP) is 4.96. The van der Waals surface area contributed by atoms with E-state index in [0.29, 0.717) is 10.9 Å². The molecule has 2 rings (SSSR count). The van der Waals surface area contributed by atoms with E-state index < -0.39 is 0 Å². The first kappa shape index (κ1) is 16.4. The zero-order valence-electron chi connectivity index (χ0n) is 11.7. The molecule has 3 nitrogen and oxygen atoms in total. The number of aromatic nitrogens is 1. The SMILES string of the molecule is Cc1nc(NC(=S)N[C@H](C)c2ccccc2)c(Br)cc1Br. The van der Waals surface area contributed by atoms with Gasteiger partial charge in [-0.2, -0.15) is 0 Å². The minimum atomic E-state index is 0.126. The van der Waals surface area contributed by atoms with Gasteiger partial charge in [0.1, 0.15) is 5.82 Å². The van der Waals surface area contributed by atoms with Crippen molar-refractivity contribution in [2.24, 2.45) is 0 Å². The zero-order chi connectivity index (χ0) is 15.4. The third kappa shape index (κ3) is 4.49. The minimum Gasteiger partial charge on any atom is -0.356 e. The predicted molar refractivity (Wildman–Crippen MR) is 98.6 cm³/mol. The average Bonchev–Trinajstić information content (AvgIpc) is 2.45. The van der Waals surface area contributed by atoms with Crippen LogP contribution in [0.15, 0.2) is 45.3 Å². The van der Waals surface area contributed by atoms with Crippen LogP contribution >= 0.6 is 44.1 Å². The van der Waals surface area contributed by atoms with E-state index in [1.807, 2.05) is 31.2 Å². The fourth-order valence-electron chi connectivity index (χ4n) is 1.81. The maximum absolute atomic E-state index is 5.35. The summed E-state index contributed by atoms with van der Waals surface area (Å²) in [6.07, 6.45) is 0. The Morgan fingerprint density at radius 2 is 1.86 bits per heavy atom. The third-order valence-electron chi connectivity index (χ3n) is 2.98. The van der Waals surface area contributed by atoms with Crippen molar-refractivity contribution >= 4 is 55.0 Å². The molecule has 0 saturated heterocycles. The van der Waals surface area contributed by atoms with Crippen LogP contribution in [0.2, 0.25) is 0 Å². The standard InChI is InChI=1S/C15H15Br2N3S/c1-9(11-6-4-3-5-7-11)19-15(21)20-14-13(17)8-12(16)10(2)18-14/h3-9H,1-2H3,(H2,18,19,20,21)/t9-/m1/s1. The first-order valence-corrected chi connectivity index (χ1v) is 8.42. The van der Waals surface area contributed by atoms with Crippen LogP contribution in [-0.2, 0) is 0 Å². The van der Waals surface area contributed by atoms with Crippen molar-refractivity contribution in [2.75, 3.05) is 5.32 Å². The normalized spacial score (nSPS) is 11.8. The molecular formula is C15H15Br2N3S. The monoisotopic (exact) mass is 427 g/mol. The molecule has 0 radical (unpaired) electrons. The Kier molecular flexibility index (Phi) is 5.72. The molecule has 0 aliphatic carbocycles. The number of pyridine rings is 1. The van der Waals surface area contributed by atoms with Crippen molar-refractivity contribution in [3.05, 3.63) is 56.6 Å². The van der Waals surface area contributed by atoms with E-state index in [1.165, 1.54) is 5.56 Å². The Labute approximate surface area is 146 Å². The van der Waals surface area contributed by atoms with Crippen LogP contribution in [-0.4, -0.2) is 10.1 Å². The molecule has 0 aliphatic heterocycles. The summed E-state index contributed by atoms with van der Waals surface area (Å²) < 4.78 is 1.81. The topological polar surface area (TPSA) is 37.0 Å². The van der Waals surface area contributed by atoms with Gasteiger partial charge < -0.3 is 10.6 Å². The zero-order valence-corrected chi connectivity index (χ0v) is 15.6. The van der Waals surface area contributed by atoms with Gasteiger partial charge in [0.15, 0.2) is 5.11 Å². The highest BCUT2D eigenvalue weighted by Crippen LogP contribution is 2.26. The first-order chi connectivity index (χ1) is 9.97. The molecule has 0 saturated carbocycles. The highest BCUT2D eigenvalue weighted by atomic mass is 79.9. The summed E-state index contributed by atoms with van der Waals surface area (Å²) in [4.78, 5) is 4.46. The summed E-state index contributed by atoms with van der Waals surface area (Å²) in [6.45, 7) is 4.00. The molecule has 0 unspecified atom stereocenters. The molecule has 0 fully saturated rings. The fourth-order valence-corrected chi connectivity index (χ4v) is 3.13. The Morgan fingerprint density at radius 1 is 1.19 bits per heavy atom. The van der Waals surface area contributed by atoms with E-state index >= 15 is 0 Å². The van der Waals surface area contributed by atoms with Gasteiger partial charge in [0.2, 0.25) is 0 Å². The number of rotatable bonds is 3. The van der Waals surface area contributed by atoms with Crippen molar-refractivity contribution in [3.8, 4) is 0 Å². The highest BCUT2D eigenvalue weighted by Gasteiger charge is 2.10. The van der Waals surface area contributed by atoms with Gasteiger partial charge in [-0.3, -0.25) is 0 Å². The number of nitrogens with zero attached hydrogens (tertiary/aromatic N) is 1. The summed E-state index contributed by atoms with van der Waals surface area (Å²) in [7, 11) is 0. The molecule has 0 spiro atoms. The van der Waals surface area contributed by atoms with Gasteiger partial charge in [-0.1, -0.05) is 30.3 Å². The molecule has 110 valence electrons. The van der Waals surface area contributed by atoms with E-state index in [4.69, 9.17) is 12.2 Å². The largest absolute Gasteiger partial charge is 0.356 e. The minimum absolute atomic E-state index is 0.126. The molecule has 1 aromatic heterocycles. The molecule has 2 N–H and O–H groups in total. The van der Waals surface area contributed by atoms with Crippen LogP contribution in [0.25, 0.3) is 0 Å². The van der Waals surface area contributed by atoms with Gasteiger partial charge in [0.25, 0.3) is 0 Å². The Hall–Kier alpha value is -0.980. The molecule has 6 heteroatoms. The lowest BCUT2D eigenvalue weighted by Gasteiger charge is -2.18. The number of hydrogen-bond acceptors (Lipinski definition) is 2. The second-order valence-corrected chi connectivity index (χ2v) is 6.73. The van der Waals surface area contributed by atoms with Crippen molar-refractivity contribution < 1.29 is 0 Å². The second-order valence-electron chi connectivity index (χ2n) is 4.62. The molecule has 0 aliphatic rings. The van der Waals surface area contributed by atoms with Crippen LogP contribution in [0, 0.1) is 6.92 Å². The molecule has 2 aromatic rings. The molecule has 1 atom stereocenters. The number of halogens is 2. The molecule has 1 aromatic carbocycles. The van der Waals surface area contributed by atoms with Crippen LogP contribution < -0.4 is 10.6 Å². The van der Waals surface area contributed by atoms with Crippen molar-refractivity contribution in [1.29, 1.82) is 0 Å². The lowest BCUT2D eigenvalue weighted by atomic mass is 10.1. The van der Waals surface area contributed by atoms with Gasteiger partial charge in [0.05, 0.1) is 16.2 Å². The summed E-state index contributed by atoms with van der Waals surface area (Å²) in [5.41, 5.74) is 2.08. The maximum atomic E-state index is 5.35. The van der Waals surface area contributed by atoms with Crippen LogP contribution in [0.3, 0.4) is 0 Å². The maximum Gasteiger partial charge on any atom is 0.172 e. The van der Waals surface area contributed by atoms with Crippen molar-refractivity contribution in [3.63, 3.8) is 0 Å². The summed E-state index contributed by atoms with van der Waals surface area (Å²) in [5.74, 6) is 0.702. The third-order valence-corrected chi connectivity index (χ3v) is 4.61. The molecular weight excluding hydrogens is 414 g/mol. The molecule has 21 heavy (non-hydrogen) atoms. The Morgan fingerprint density at radius 3 is 2.52 bits per heavy atom. The van der Waals surface area contributed by atoms with E-state index in [2.05, 4.69) is 66.5 Å². The van der Waals surface area contributed by atoms with Gasteiger partial charge in [0, 0.05) is 4.47 Å². The van der Waals surface area contributed by atoms with Gasteiger partial charge in [-0.05, 0) is 69.6 Å². The lowest BCUT2D eigenvalue weighted by molar-refractivity contribution is 0.722. The van der Waals surface area contributed by atoms with E-state index in [9.17, 15) is 0 Å². The fraction of sp³-hybridized carbons (Fsp3) is 0.200. The smallest absolute Gasteiger partial charge is 0.172 e. The highest BCUT2D eigenvalue weighted by molar-refractivity contribution is 9.11. The van der Waals surface area contributed by atoms with E-state index in [1.54, 1.807) is 0 Å². The quantitative estimate of drug-likeness (QED) is 0.677. The van der Waals surface area contributed by atoms with Crippen LogP contribution in [0.5, 0.6) is 0 Å². The molecule has 1 heterocycles. The summed E-state index contributed by atoms with van der Waals surface area (Å²) >= 11 is 12.3. The summed E-state index contributed by atoms with van der Waals surface area (Å²) in [5, 5.41) is 6.92. The van der Waals surface area contributed by atoms with Gasteiger partial charge in [-0.25, -0.2) is 4.98 Å². The van der Waals surface area contributed by atoms with E-state index in [-0.39, 0.29) is 6.04 Å². The Balaban J connectivity index is 2.04. The first-order valence-electron chi connectivity index (χ1n) is 6.42. The van der Waals surface area contributed by atoms with Crippen molar-refractivity contribution in [2.45, 2.75) is 19.9 Å². The molecule has 0 amide bonds. The van der Waals surface area contributed by atoms with Crippen LogP contribution in [0.1, 0.15) is 24.2 Å². The number of nitrogens with one attached hydrogen (secondary N) is 2.